The number of piperidine rings is 1. The largest absolute Gasteiger partial charge is 0.319 e. The number of nitrogens with one attached hydrogen (secondary N) is 1. The summed E-state index contributed by atoms with van der Waals surface area (Å²) in [5, 5.41) is 7.10. The second kappa shape index (κ2) is 9.26. The number of hydrogen-bond donors (Lipinski definition) is 1. The van der Waals surface area contributed by atoms with E-state index in [-0.39, 0.29) is 10.8 Å². The lowest BCUT2D eigenvalue weighted by Crippen LogP contribution is -2.42. The first-order chi connectivity index (χ1) is 15.3. The van der Waals surface area contributed by atoms with Crippen LogP contribution < -0.4 is 5.32 Å². The highest BCUT2D eigenvalue weighted by atomic mass is 32.2. The SMILES string of the molecule is CC1CC(C)CN(S(=O)(=O)c2cccc(C(=O)Nc3cnn(Cc4ccccc4)c3)c2)C1. The van der Waals surface area contributed by atoms with Crippen molar-refractivity contribution in [1.82, 2.24) is 14.1 Å². The molecule has 2 heterocycles. The third kappa shape index (κ3) is 5.08. The summed E-state index contributed by atoms with van der Waals surface area (Å²) < 4.78 is 29.6. The van der Waals surface area contributed by atoms with Gasteiger partial charge < -0.3 is 5.32 Å². The van der Waals surface area contributed by atoms with Gasteiger partial charge >= 0.3 is 0 Å². The van der Waals surface area contributed by atoms with Gasteiger partial charge in [0.15, 0.2) is 0 Å². The lowest BCUT2D eigenvalue weighted by Gasteiger charge is -2.34. The van der Waals surface area contributed by atoms with Crippen LogP contribution in [0.5, 0.6) is 0 Å². The van der Waals surface area contributed by atoms with Crippen molar-refractivity contribution in [3.05, 3.63) is 78.1 Å². The Balaban J connectivity index is 1.47. The average molecular weight is 453 g/mol. The van der Waals surface area contributed by atoms with E-state index < -0.39 is 10.0 Å². The monoisotopic (exact) mass is 452 g/mol. The maximum absolute atomic E-state index is 13.2. The zero-order chi connectivity index (χ0) is 22.7. The van der Waals surface area contributed by atoms with Crippen LogP contribution in [0.1, 0.15) is 36.2 Å². The third-order valence-corrected chi connectivity index (χ3v) is 7.48. The number of carbonyl (C=O) groups is 1. The van der Waals surface area contributed by atoms with Gasteiger partial charge in [0.25, 0.3) is 5.91 Å². The molecule has 2 aromatic carbocycles. The normalized spacial score (nSPS) is 19.6. The van der Waals surface area contributed by atoms with Crippen LogP contribution in [0.15, 0.2) is 71.9 Å². The van der Waals surface area contributed by atoms with Crippen molar-refractivity contribution in [2.75, 3.05) is 18.4 Å². The molecule has 1 N–H and O–H groups in total. The van der Waals surface area contributed by atoms with Crippen LogP contribution in [0, 0.1) is 11.8 Å². The molecule has 4 rings (SSSR count). The van der Waals surface area contributed by atoms with Gasteiger partial charge in [-0.05, 0) is 42.0 Å². The second-order valence-corrected chi connectivity index (χ2v) is 10.6. The fraction of sp³-hybridized carbons (Fsp3) is 0.333. The molecular formula is C24H28N4O3S. The quantitative estimate of drug-likeness (QED) is 0.616. The molecule has 8 heteroatoms. The summed E-state index contributed by atoms with van der Waals surface area (Å²) in [5.74, 6) is 0.251. The molecule has 1 aliphatic heterocycles. The van der Waals surface area contributed by atoms with Gasteiger partial charge in [0, 0.05) is 24.8 Å². The summed E-state index contributed by atoms with van der Waals surface area (Å²) in [7, 11) is -3.65. The Morgan fingerprint density at radius 3 is 2.50 bits per heavy atom. The maximum atomic E-state index is 13.2. The molecule has 1 aliphatic rings. The Kier molecular flexibility index (Phi) is 6.43. The van der Waals surface area contributed by atoms with Gasteiger partial charge in [0.1, 0.15) is 0 Å². The lowest BCUT2D eigenvalue weighted by atomic mass is 9.94. The number of sulfonamides is 1. The zero-order valence-electron chi connectivity index (χ0n) is 18.3. The van der Waals surface area contributed by atoms with Gasteiger partial charge in [-0.3, -0.25) is 9.48 Å². The van der Waals surface area contributed by atoms with Crippen LogP contribution >= 0.6 is 0 Å². The van der Waals surface area contributed by atoms with E-state index in [0.717, 1.165) is 12.0 Å². The van der Waals surface area contributed by atoms with E-state index in [1.165, 1.54) is 10.4 Å². The summed E-state index contributed by atoms with van der Waals surface area (Å²) >= 11 is 0. The van der Waals surface area contributed by atoms with Crippen molar-refractivity contribution in [2.24, 2.45) is 11.8 Å². The Morgan fingerprint density at radius 1 is 1.06 bits per heavy atom. The number of hydrogen-bond acceptors (Lipinski definition) is 4. The summed E-state index contributed by atoms with van der Waals surface area (Å²) in [6, 6.07) is 16.1. The van der Waals surface area contributed by atoms with Gasteiger partial charge in [-0.2, -0.15) is 9.40 Å². The first-order valence-corrected chi connectivity index (χ1v) is 12.2. The zero-order valence-corrected chi connectivity index (χ0v) is 19.1. The molecule has 1 aromatic heterocycles. The fourth-order valence-corrected chi connectivity index (χ4v) is 5.96. The molecule has 0 aliphatic carbocycles. The topological polar surface area (TPSA) is 84.3 Å². The highest BCUT2D eigenvalue weighted by Gasteiger charge is 2.32. The Morgan fingerprint density at radius 2 is 1.78 bits per heavy atom. The van der Waals surface area contributed by atoms with Gasteiger partial charge in [0.05, 0.1) is 23.3 Å². The number of nitrogens with zero attached hydrogens (tertiary/aromatic N) is 3. The second-order valence-electron chi connectivity index (χ2n) is 8.66. The first-order valence-electron chi connectivity index (χ1n) is 10.8. The third-order valence-electron chi connectivity index (χ3n) is 5.65. The smallest absolute Gasteiger partial charge is 0.255 e. The van der Waals surface area contributed by atoms with E-state index >= 15 is 0 Å². The summed E-state index contributed by atoms with van der Waals surface area (Å²) in [4.78, 5) is 12.9. The molecule has 3 aromatic rings. The van der Waals surface area contributed by atoms with Crippen molar-refractivity contribution in [1.29, 1.82) is 0 Å². The van der Waals surface area contributed by atoms with Gasteiger partial charge in [-0.1, -0.05) is 50.2 Å². The van der Waals surface area contributed by atoms with E-state index in [9.17, 15) is 13.2 Å². The summed E-state index contributed by atoms with van der Waals surface area (Å²) in [6.07, 6.45) is 4.35. The molecule has 0 radical (unpaired) electrons. The predicted octanol–water partition coefficient (Wildman–Crippen LogP) is 3.85. The maximum Gasteiger partial charge on any atom is 0.255 e. The van der Waals surface area contributed by atoms with Crippen molar-refractivity contribution < 1.29 is 13.2 Å². The van der Waals surface area contributed by atoms with Crippen LogP contribution in [0.3, 0.4) is 0 Å². The Bertz CT molecular complexity index is 1180. The number of anilines is 1. The number of carbonyl (C=O) groups excluding carboxylic acids is 1. The highest BCUT2D eigenvalue weighted by molar-refractivity contribution is 7.89. The van der Waals surface area contributed by atoms with Crippen molar-refractivity contribution in [3.63, 3.8) is 0 Å². The van der Waals surface area contributed by atoms with Gasteiger partial charge in [-0.15, -0.1) is 0 Å². The number of aromatic nitrogens is 2. The fourth-order valence-electron chi connectivity index (χ4n) is 4.24. The van der Waals surface area contributed by atoms with E-state index in [1.54, 1.807) is 35.3 Å². The highest BCUT2D eigenvalue weighted by Crippen LogP contribution is 2.27. The lowest BCUT2D eigenvalue weighted by molar-refractivity contribution is 0.102. The molecule has 2 atom stereocenters. The van der Waals surface area contributed by atoms with E-state index in [0.29, 0.717) is 42.7 Å². The number of benzene rings is 2. The molecule has 32 heavy (non-hydrogen) atoms. The summed E-state index contributed by atoms with van der Waals surface area (Å²) in [5.41, 5.74) is 1.95. The molecule has 7 nitrogen and oxygen atoms in total. The molecule has 0 saturated carbocycles. The molecule has 1 saturated heterocycles. The first kappa shape index (κ1) is 22.2. The Labute approximate surface area is 189 Å². The molecule has 2 unspecified atom stereocenters. The standard InChI is InChI=1S/C24H28N4O3S/c1-18-11-19(2)15-28(14-18)32(30,31)23-10-6-9-21(12-23)24(29)26-22-13-25-27(17-22)16-20-7-4-3-5-8-20/h3-10,12-13,17-19H,11,14-16H2,1-2H3,(H,26,29). The minimum Gasteiger partial charge on any atom is -0.319 e. The Hall–Kier alpha value is -2.97. The minimum absolute atomic E-state index is 0.145. The van der Waals surface area contributed by atoms with Crippen molar-refractivity contribution in [3.8, 4) is 0 Å². The van der Waals surface area contributed by atoms with Crippen LogP contribution in [0.25, 0.3) is 0 Å². The van der Waals surface area contributed by atoms with Crippen molar-refractivity contribution >= 4 is 21.6 Å². The predicted molar refractivity (Wildman–Crippen MR) is 124 cm³/mol. The van der Waals surface area contributed by atoms with Crippen LogP contribution in [-0.2, 0) is 16.6 Å². The number of amides is 1. The number of rotatable bonds is 6. The van der Waals surface area contributed by atoms with E-state index in [2.05, 4.69) is 24.3 Å². The molecule has 168 valence electrons. The van der Waals surface area contributed by atoms with Crippen molar-refractivity contribution in [2.45, 2.75) is 31.7 Å². The van der Waals surface area contributed by atoms with Crippen LogP contribution in [0.2, 0.25) is 0 Å². The molecule has 0 bridgehead atoms. The van der Waals surface area contributed by atoms with E-state index in [4.69, 9.17) is 0 Å². The van der Waals surface area contributed by atoms with Gasteiger partial charge in [-0.25, -0.2) is 8.42 Å². The van der Waals surface area contributed by atoms with E-state index in [1.807, 2.05) is 30.3 Å². The molecule has 0 spiro atoms. The summed E-state index contributed by atoms with van der Waals surface area (Å²) in [6.45, 7) is 5.74. The molecule has 1 amide bonds. The average Bonchev–Trinajstić information content (AvgIpc) is 3.20. The molecular weight excluding hydrogens is 424 g/mol. The minimum atomic E-state index is -3.65. The molecule has 1 fully saturated rings. The van der Waals surface area contributed by atoms with Crippen LogP contribution in [0.4, 0.5) is 5.69 Å². The van der Waals surface area contributed by atoms with Gasteiger partial charge in [0.2, 0.25) is 10.0 Å². The van der Waals surface area contributed by atoms with Crippen LogP contribution in [-0.4, -0.2) is 41.5 Å².